The Morgan fingerprint density at radius 2 is 2.20 bits per heavy atom. The Hall–Kier alpha value is 0.470. The van der Waals surface area contributed by atoms with E-state index in [0.29, 0.717) is 0 Å². The Bertz CT molecular complexity index is 243. The summed E-state index contributed by atoms with van der Waals surface area (Å²) in [4.78, 5) is 1.46. The Morgan fingerprint density at radius 3 is 2.40 bits per heavy atom. The van der Waals surface area contributed by atoms with Crippen LogP contribution in [0.25, 0.3) is 0 Å². The molecular formula is C5H8I2N3-. The van der Waals surface area contributed by atoms with Gasteiger partial charge in [-0.3, -0.25) is 0 Å². The number of nitrogen functional groups attached to an aromatic ring is 1. The van der Waals surface area contributed by atoms with Crippen molar-refractivity contribution in [1.29, 1.82) is 0 Å². The molecule has 0 atom stereocenters. The van der Waals surface area contributed by atoms with Crippen molar-refractivity contribution in [2.75, 3.05) is 5.84 Å². The molecule has 0 aliphatic heterocycles. The molecule has 0 spiro atoms. The maximum atomic E-state index is 5.54. The van der Waals surface area contributed by atoms with Gasteiger partial charge in [0.05, 0.1) is 0 Å². The fraction of sp³-hybridized carbons (Fsp3) is 0.400. The van der Waals surface area contributed by atoms with Crippen molar-refractivity contribution in [3.63, 3.8) is 0 Å². The Labute approximate surface area is 79.8 Å². The van der Waals surface area contributed by atoms with Crippen LogP contribution in [-0.2, 0) is 0 Å². The molecule has 3 nitrogen and oxygen atoms in total. The third kappa shape index (κ3) is 1.39. The van der Waals surface area contributed by atoms with Crippen LogP contribution in [0.5, 0.6) is 0 Å². The first kappa shape index (κ1) is 8.57. The molecule has 0 saturated carbocycles. The van der Waals surface area contributed by atoms with Crippen LogP contribution < -0.4 is 23.1 Å². The molecule has 1 aromatic heterocycles. The molecule has 0 aromatic carbocycles. The van der Waals surface area contributed by atoms with Gasteiger partial charge in [-0.05, 0) is 0 Å². The van der Waals surface area contributed by atoms with Crippen molar-refractivity contribution in [2.45, 2.75) is 13.8 Å². The fourth-order valence-corrected chi connectivity index (χ4v) is 4.24. The van der Waals surface area contributed by atoms with Crippen molar-refractivity contribution in [1.82, 2.24) is 9.89 Å². The minimum absolute atomic E-state index is 0.0498. The van der Waals surface area contributed by atoms with E-state index in [0.717, 1.165) is 5.69 Å². The van der Waals surface area contributed by atoms with Gasteiger partial charge in [-0.25, -0.2) is 0 Å². The van der Waals surface area contributed by atoms with E-state index in [-0.39, 0.29) is 17.2 Å². The molecule has 0 fully saturated rings. The molecule has 1 rings (SSSR count). The second kappa shape index (κ2) is 3.24. The summed E-state index contributed by atoms with van der Waals surface area (Å²) in [7, 11) is 0. The van der Waals surface area contributed by atoms with Crippen molar-refractivity contribution < 1.29 is 17.2 Å². The van der Waals surface area contributed by atoms with Crippen LogP contribution in [0.1, 0.15) is 11.3 Å². The molecule has 5 heteroatoms. The quantitative estimate of drug-likeness (QED) is 0.455. The van der Waals surface area contributed by atoms with Crippen LogP contribution >= 0.6 is 18.6 Å². The van der Waals surface area contributed by atoms with Crippen LogP contribution in [0, 0.1) is 17.5 Å². The summed E-state index contributed by atoms with van der Waals surface area (Å²) in [6.45, 7) is 4.06. The van der Waals surface area contributed by atoms with E-state index < -0.39 is 0 Å². The van der Waals surface area contributed by atoms with Crippen LogP contribution in [0.3, 0.4) is 0 Å². The van der Waals surface area contributed by atoms with Crippen molar-refractivity contribution >= 4 is 18.6 Å². The van der Waals surface area contributed by atoms with Gasteiger partial charge in [-0.1, -0.05) is 0 Å². The standard InChI is InChI=1S/C5H8I2N3/c1-3-4(2)10(8)9-5(3)7-6/h8H2,1-2H3/q-1. The average molecular weight is 364 g/mol. The summed E-state index contributed by atoms with van der Waals surface area (Å²) < 4.78 is 1.19. The normalized spacial score (nSPS) is 10.7. The molecule has 58 valence electrons. The first-order valence-corrected chi connectivity index (χ1v) is 10.1. The Kier molecular flexibility index (Phi) is 2.78. The number of nitrogens with zero attached hydrogens (tertiary/aromatic N) is 2. The zero-order valence-corrected chi connectivity index (χ0v) is 10.0. The first-order chi connectivity index (χ1) is 4.66. The van der Waals surface area contributed by atoms with Crippen molar-refractivity contribution in [2.24, 2.45) is 0 Å². The molecule has 1 heterocycles. The summed E-state index contributed by atoms with van der Waals surface area (Å²) in [5, 5.41) is 4.16. The second-order valence-corrected chi connectivity index (χ2v) is 6.18. The van der Waals surface area contributed by atoms with Gasteiger partial charge >= 0.3 is 80.4 Å². The topological polar surface area (TPSA) is 43.8 Å². The van der Waals surface area contributed by atoms with Crippen LogP contribution in [0.2, 0.25) is 0 Å². The summed E-state index contributed by atoms with van der Waals surface area (Å²) in [6.07, 6.45) is 0. The van der Waals surface area contributed by atoms with Gasteiger partial charge in [0.1, 0.15) is 0 Å². The van der Waals surface area contributed by atoms with E-state index in [1.165, 1.54) is 14.1 Å². The van der Waals surface area contributed by atoms with E-state index in [2.05, 4.69) is 30.6 Å². The van der Waals surface area contributed by atoms with E-state index in [1.807, 2.05) is 6.92 Å². The number of hydrogen-bond acceptors (Lipinski definition) is 2. The van der Waals surface area contributed by atoms with Gasteiger partial charge < -0.3 is 0 Å². The molecule has 2 N–H and O–H groups in total. The minimum atomic E-state index is 0.0498. The molecule has 10 heavy (non-hydrogen) atoms. The van der Waals surface area contributed by atoms with Crippen molar-refractivity contribution in [3.05, 3.63) is 15.0 Å². The maximum absolute atomic E-state index is 5.54. The molecule has 0 aliphatic rings. The Morgan fingerprint density at radius 1 is 1.60 bits per heavy atom. The predicted octanol–water partition coefficient (Wildman–Crippen LogP) is -2.18. The molecule has 0 radical (unpaired) electrons. The van der Waals surface area contributed by atoms with Crippen LogP contribution in [-0.4, -0.2) is 9.89 Å². The second-order valence-electron chi connectivity index (χ2n) is 2.02. The zero-order chi connectivity index (χ0) is 7.72. The van der Waals surface area contributed by atoms with Gasteiger partial charge in [-0.2, -0.15) is 0 Å². The van der Waals surface area contributed by atoms with Gasteiger partial charge in [0.2, 0.25) is 0 Å². The average Bonchev–Trinajstić information content (AvgIpc) is 2.17. The molecule has 0 unspecified atom stereocenters. The van der Waals surface area contributed by atoms with Gasteiger partial charge in [0.15, 0.2) is 0 Å². The molecule has 0 amide bonds. The Balaban J connectivity index is 3.17. The van der Waals surface area contributed by atoms with E-state index in [9.17, 15) is 0 Å². The third-order valence-corrected chi connectivity index (χ3v) is 5.46. The molecule has 0 aliphatic carbocycles. The summed E-state index contributed by atoms with van der Waals surface area (Å²) in [5.74, 6) is 5.54. The monoisotopic (exact) mass is 364 g/mol. The first-order valence-electron chi connectivity index (χ1n) is 2.74. The summed E-state index contributed by atoms with van der Waals surface area (Å²) >= 11 is 2.44. The van der Waals surface area contributed by atoms with Gasteiger partial charge in [-0.15, -0.1) is 0 Å². The van der Waals surface area contributed by atoms with Crippen LogP contribution in [0.15, 0.2) is 0 Å². The third-order valence-electron chi connectivity index (χ3n) is 1.46. The molecule has 0 bridgehead atoms. The van der Waals surface area contributed by atoms with Crippen LogP contribution in [0.4, 0.5) is 0 Å². The number of rotatable bonds is 1. The zero-order valence-electron chi connectivity index (χ0n) is 5.73. The van der Waals surface area contributed by atoms with Crippen molar-refractivity contribution in [3.8, 4) is 0 Å². The number of aromatic nitrogens is 2. The molecule has 0 saturated heterocycles. The fourth-order valence-electron chi connectivity index (χ4n) is 0.634. The molecular weight excluding hydrogens is 356 g/mol. The van der Waals surface area contributed by atoms with E-state index >= 15 is 0 Å². The number of halogens is 2. The van der Waals surface area contributed by atoms with Gasteiger partial charge in [0.25, 0.3) is 0 Å². The SMILES string of the molecule is Cc1c([I-]I)nn(N)c1C. The predicted molar refractivity (Wildman–Crippen MR) is 44.6 cm³/mol. The number of nitrogens with two attached hydrogens (primary N) is 1. The summed E-state index contributed by atoms with van der Waals surface area (Å²) in [5.41, 5.74) is 2.33. The van der Waals surface area contributed by atoms with Gasteiger partial charge in [0, 0.05) is 0 Å². The van der Waals surface area contributed by atoms with E-state index in [1.54, 1.807) is 0 Å². The molecule has 1 aromatic rings. The van der Waals surface area contributed by atoms with E-state index in [4.69, 9.17) is 5.84 Å². The number of hydrogen-bond donors (Lipinski definition) is 1. The summed E-state index contributed by atoms with van der Waals surface area (Å²) in [6, 6.07) is 0.